The van der Waals surface area contributed by atoms with E-state index in [9.17, 15) is 4.79 Å². The summed E-state index contributed by atoms with van der Waals surface area (Å²) >= 11 is 0. The number of carbonyl (C=O) groups excluding carboxylic acids is 1. The van der Waals surface area contributed by atoms with E-state index in [1.54, 1.807) is 0 Å². The molecule has 0 aromatic heterocycles. The number of hydrogen-bond acceptors (Lipinski definition) is 8. The molecular formula is C55H75NO7. The Morgan fingerprint density at radius 3 is 1.48 bits per heavy atom. The number of ether oxygens (including phenoxy) is 6. The first-order valence-corrected chi connectivity index (χ1v) is 24.1. The van der Waals surface area contributed by atoms with Crippen LogP contribution in [-0.4, -0.2) is 55.5 Å². The fraction of sp³-hybridized carbons (Fsp3) is 0.545. The van der Waals surface area contributed by atoms with Crippen molar-refractivity contribution in [3.8, 4) is 0 Å². The van der Waals surface area contributed by atoms with Crippen LogP contribution in [0.4, 0.5) is 0 Å². The van der Waals surface area contributed by atoms with Gasteiger partial charge in [0.15, 0.2) is 6.29 Å². The third-order valence-corrected chi connectivity index (χ3v) is 12.3. The maximum Gasteiger partial charge on any atom is 0.235 e. The van der Waals surface area contributed by atoms with Crippen LogP contribution in [0.25, 0.3) is 0 Å². The Balaban J connectivity index is 1.34. The Morgan fingerprint density at radius 1 is 0.556 bits per heavy atom. The second-order valence-corrected chi connectivity index (χ2v) is 17.2. The number of benzene rings is 4. The zero-order valence-corrected chi connectivity index (χ0v) is 38.4. The highest BCUT2D eigenvalue weighted by Gasteiger charge is 2.46. The number of isocyanates is 1. The summed E-state index contributed by atoms with van der Waals surface area (Å²) in [6.45, 7) is 8.11. The molecule has 342 valence electrons. The molecule has 0 bridgehead atoms. The van der Waals surface area contributed by atoms with E-state index in [1.165, 1.54) is 64.2 Å². The van der Waals surface area contributed by atoms with Gasteiger partial charge < -0.3 is 28.4 Å². The van der Waals surface area contributed by atoms with Crippen LogP contribution in [0.3, 0.4) is 0 Å². The first kappa shape index (κ1) is 50.0. The summed E-state index contributed by atoms with van der Waals surface area (Å²) in [6, 6.07) is 39.9. The first-order valence-electron chi connectivity index (χ1n) is 24.1. The normalized spacial score (nSPS) is 20.1. The van der Waals surface area contributed by atoms with Gasteiger partial charge in [-0.05, 0) is 35.1 Å². The lowest BCUT2D eigenvalue weighted by molar-refractivity contribution is -0.306. The average molecular weight is 862 g/mol. The van der Waals surface area contributed by atoms with Crippen molar-refractivity contribution >= 4 is 6.08 Å². The second-order valence-electron chi connectivity index (χ2n) is 17.2. The third kappa shape index (κ3) is 18.2. The Morgan fingerprint density at radius 2 is 1.00 bits per heavy atom. The molecule has 0 saturated carbocycles. The van der Waals surface area contributed by atoms with Crippen molar-refractivity contribution in [2.75, 3.05) is 6.61 Å². The fourth-order valence-electron chi connectivity index (χ4n) is 8.60. The lowest BCUT2D eigenvalue weighted by atomic mass is 9.89. The predicted octanol–water partition coefficient (Wildman–Crippen LogP) is 12.9. The number of aliphatic imine (C=N–C) groups is 1. The quantitative estimate of drug-likeness (QED) is 0.0275. The van der Waals surface area contributed by atoms with Crippen molar-refractivity contribution in [1.29, 1.82) is 0 Å². The van der Waals surface area contributed by atoms with Gasteiger partial charge in [-0.15, -0.1) is 0 Å². The first-order chi connectivity index (χ1) is 31.1. The van der Waals surface area contributed by atoms with Gasteiger partial charge >= 0.3 is 0 Å². The van der Waals surface area contributed by atoms with Crippen molar-refractivity contribution in [2.45, 2.75) is 180 Å². The number of nitrogens with zero attached hydrogens (tertiary/aromatic N) is 1. The summed E-state index contributed by atoms with van der Waals surface area (Å²) in [5.74, 6) is 0.0244. The van der Waals surface area contributed by atoms with E-state index < -0.39 is 24.5 Å². The molecule has 0 spiro atoms. The van der Waals surface area contributed by atoms with E-state index in [1.807, 2.05) is 103 Å². The summed E-state index contributed by atoms with van der Waals surface area (Å²) < 4.78 is 40.6. The second kappa shape index (κ2) is 30.2. The summed E-state index contributed by atoms with van der Waals surface area (Å²) in [4.78, 5) is 16.7. The zero-order valence-electron chi connectivity index (χ0n) is 38.4. The minimum atomic E-state index is -0.796. The highest BCUT2D eigenvalue weighted by molar-refractivity contribution is 5.34. The third-order valence-electron chi connectivity index (χ3n) is 12.3. The van der Waals surface area contributed by atoms with Crippen molar-refractivity contribution in [2.24, 2.45) is 10.9 Å². The SMILES string of the molecule is CCCCCCCCCCCCCC[C@@H](OCc1ccccc1)[C@@H](OCc1ccccc1)[C@H](CO[C@H]1O[C@H](CC)[C@H](C)[C@H](OCc2ccccc2)[C@H]1OCc1ccccc1)N=C=O. The summed E-state index contributed by atoms with van der Waals surface area (Å²) in [6.07, 6.45) is 15.8. The minimum Gasteiger partial charge on any atom is -0.371 e. The molecule has 1 aliphatic rings. The van der Waals surface area contributed by atoms with Crippen LogP contribution in [0.5, 0.6) is 0 Å². The summed E-state index contributed by atoms with van der Waals surface area (Å²) in [5, 5.41) is 0. The van der Waals surface area contributed by atoms with Gasteiger partial charge in [0.25, 0.3) is 0 Å². The van der Waals surface area contributed by atoms with E-state index in [2.05, 4.69) is 50.0 Å². The number of rotatable bonds is 32. The van der Waals surface area contributed by atoms with Gasteiger partial charge in [0, 0.05) is 5.92 Å². The minimum absolute atomic E-state index is 0.0244. The van der Waals surface area contributed by atoms with Crippen molar-refractivity contribution in [3.05, 3.63) is 144 Å². The monoisotopic (exact) mass is 862 g/mol. The molecule has 8 atom stereocenters. The largest absolute Gasteiger partial charge is 0.371 e. The van der Waals surface area contributed by atoms with Gasteiger partial charge in [-0.3, -0.25) is 0 Å². The van der Waals surface area contributed by atoms with Gasteiger partial charge in [0.05, 0.1) is 51.3 Å². The van der Waals surface area contributed by atoms with Crippen LogP contribution in [0.1, 0.15) is 133 Å². The Labute approximate surface area is 379 Å². The van der Waals surface area contributed by atoms with Crippen LogP contribution >= 0.6 is 0 Å². The predicted molar refractivity (Wildman–Crippen MR) is 252 cm³/mol. The van der Waals surface area contributed by atoms with Gasteiger partial charge in [0.1, 0.15) is 18.2 Å². The van der Waals surface area contributed by atoms with Gasteiger partial charge in [-0.2, -0.15) is 4.99 Å². The van der Waals surface area contributed by atoms with Crippen molar-refractivity contribution < 1.29 is 33.2 Å². The van der Waals surface area contributed by atoms with Crippen molar-refractivity contribution in [1.82, 2.24) is 0 Å². The molecule has 1 saturated heterocycles. The lowest BCUT2D eigenvalue weighted by Gasteiger charge is -2.45. The molecule has 0 N–H and O–H groups in total. The van der Waals surface area contributed by atoms with Gasteiger partial charge in [0.2, 0.25) is 6.08 Å². The molecule has 1 aliphatic heterocycles. The molecule has 8 heteroatoms. The van der Waals surface area contributed by atoms with E-state index in [0.717, 1.165) is 47.9 Å². The molecular weight excluding hydrogens is 787 g/mol. The molecule has 0 radical (unpaired) electrons. The standard InChI is InChI=1S/C55H75NO7/c1-4-6-7-8-9-10-11-12-13-14-15-28-37-51(58-38-45-29-20-16-21-30-45)53(60-40-47-33-24-18-25-34-47)49(56-43-57)42-62-55-54(61-41-48-35-26-19-27-36-48)52(44(3)50(5-2)63-55)59-39-46-31-22-17-23-32-46/h16-27,29-36,44,49-55H,4-15,28,37-42H2,1-3H3/t44-,49-,50+,51+,52-,53-,54+,55-/m0/s1. The fourth-order valence-corrected chi connectivity index (χ4v) is 8.60. The maximum atomic E-state index is 12.3. The van der Waals surface area contributed by atoms with Crippen LogP contribution < -0.4 is 0 Å². The molecule has 63 heavy (non-hydrogen) atoms. The average Bonchev–Trinajstić information content (AvgIpc) is 3.33. The highest BCUT2D eigenvalue weighted by Crippen LogP contribution is 2.34. The molecule has 5 rings (SSSR count). The molecule has 0 aliphatic carbocycles. The summed E-state index contributed by atoms with van der Waals surface area (Å²) in [5.41, 5.74) is 4.21. The van der Waals surface area contributed by atoms with Crippen LogP contribution in [0.15, 0.2) is 126 Å². The smallest absolute Gasteiger partial charge is 0.235 e. The molecule has 1 heterocycles. The maximum absolute atomic E-state index is 12.3. The van der Waals surface area contributed by atoms with Gasteiger partial charge in [-0.1, -0.05) is 219 Å². The molecule has 4 aromatic rings. The van der Waals surface area contributed by atoms with Crippen LogP contribution in [0, 0.1) is 5.92 Å². The Bertz CT molecular complexity index is 1770. The van der Waals surface area contributed by atoms with E-state index in [0.29, 0.717) is 26.4 Å². The van der Waals surface area contributed by atoms with Crippen LogP contribution in [0.2, 0.25) is 0 Å². The summed E-state index contributed by atoms with van der Waals surface area (Å²) in [7, 11) is 0. The zero-order chi connectivity index (χ0) is 44.2. The molecule has 8 nitrogen and oxygen atoms in total. The van der Waals surface area contributed by atoms with Crippen molar-refractivity contribution in [3.63, 3.8) is 0 Å². The lowest BCUT2D eigenvalue weighted by Crippen LogP contribution is -2.57. The van der Waals surface area contributed by atoms with E-state index >= 15 is 0 Å². The molecule has 4 aromatic carbocycles. The Hall–Kier alpha value is -3.98. The topological polar surface area (TPSA) is 84.8 Å². The molecule has 0 unspecified atom stereocenters. The van der Waals surface area contributed by atoms with E-state index in [4.69, 9.17) is 28.4 Å². The van der Waals surface area contributed by atoms with Crippen LogP contribution in [-0.2, 0) is 59.6 Å². The molecule has 0 amide bonds. The van der Waals surface area contributed by atoms with E-state index in [-0.39, 0.29) is 30.8 Å². The van der Waals surface area contributed by atoms with Gasteiger partial charge in [-0.25, -0.2) is 4.79 Å². The molecule has 1 fully saturated rings. The highest BCUT2D eigenvalue weighted by atomic mass is 16.7. The number of hydrogen-bond donors (Lipinski definition) is 0. The Kier molecular flexibility index (Phi) is 24.0. The number of unbranched alkanes of at least 4 members (excludes halogenated alkanes) is 11.